The average molecular weight is 531 g/mol. The molecule has 2 saturated heterocycles. The molecule has 0 aliphatic carbocycles. The number of fused-ring (bicyclic) bond motifs is 2. The number of likely N-dealkylation sites (tertiary alicyclic amines) is 1. The maximum Gasteiger partial charge on any atom is 0.252 e. The first-order valence-electron chi connectivity index (χ1n) is 13.8. The Labute approximate surface area is 232 Å². The van der Waals surface area contributed by atoms with Crippen LogP contribution in [0, 0.1) is 5.92 Å². The summed E-state index contributed by atoms with van der Waals surface area (Å²) in [6, 6.07) is 28.4. The molecule has 2 aliphatic rings. The Balaban J connectivity index is 1.06. The number of amides is 1. The largest absolute Gasteiger partial charge is 0.417 e. The molecule has 0 spiro atoms. The lowest BCUT2D eigenvalue weighted by molar-refractivity contribution is -0.115. The van der Waals surface area contributed by atoms with Crippen LogP contribution in [-0.4, -0.2) is 51.4 Å². The summed E-state index contributed by atoms with van der Waals surface area (Å²) in [6.07, 6.45) is 3.09. The third-order valence-corrected chi connectivity index (χ3v) is 7.99. The molecule has 200 valence electrons. The van der Waals surface area contributed by atoms with E-state index in [4.69, 9.17) is 9.40 Å². The second-order valence-corrected chi connectivity index (χ2v) is 10.6. The Morgan fingerprint density at radius 2 is 1.65 bits per heavy atom. The normalized spacial score (nSPS) is 18.8. The first-order valence-corrected chi connectivity index (χ1v) is 13.8. The van der Waals surface area contributed by atoms with Gasteiger partial charge in [-0.3, -0.25) is 9.69 Å². The topological polar surface area (TPSA) is 87.4 Å². The summed E-state index contributed by atoms with van der Waals surface area (Å²) in [5.74, 6) is 1.88. The lowest BCUT2D eigenvalue weighted by Crippen LogP contribution is -2.35. The summed E-state index contributed by atoms with van der Waals surface area (Å²) in [5.41, 5.74) is 5.05. The van der Waals surface area contributed by atoms with Gasteiger partial charge in [0.2, 0.25) is 11.8 Å². The number of aromatic nitrogens is 3. The molecule has 0 radical (unpaired) electrons. The van der Waals surface area contributed by atoms with Crippen molar-refractivity contribution in [3.8, 4) is 11.5 Å². The Hall–Kier alpha value is -4.56. The van der Waals surface area contributed by atoms with Crippen LogP contribution in [0.25, 0.3) is 22.7 Å². The smallest absolute Gasteiger partial charge is 0.252 e. The predicted octanol–water partition coefficient (Wildman–Crippen LogP) is 5.18. The van der Waals surface area contributed by atoms with Crippen LogP contribution in [0.2, 0.25) is 0 Å². The first-order chi connectivity index (χ1) is 19.7. The molecule has 0 saturated carbocycles. The van der Waals surface area contributed by atoms with Crippen LogP contribution >= 0.6 is 0 Å². The van der Waals surface area contributed by atoms with Crippen molar-refractivity contribution in [1.82, 2.24) is 19.9 Å². The fourth-order valence-corrected chi connectivity index (χ4v) is 6.02. The summed E-state index contributed by atoms with van der Waals surface area (Å²) in [7, 11) is 0. The summed E-state index contributed by atoms with van der Waals surface area (Å²) < 4.78 is 6.06. The van der Waals surface area contributed by atoms with Crippen LogP contribution in [0.3, 0.4) is 0 Å². The molecule has 3 aromatic carbocycles. The Morgan fingerprint density at radius 3 is 2.42 bits per heavy atom. The van der Waals surface area contributed by atoms with E-state index in [2.05, 4.69) is 55.4 Å². The van der Waals surface area contributed by atoms with Crippen LogP contribution < -0.4 is 10.2 Å². The number of nitrogens with zero attached hydrogens (tertiary/aromatic N) is 5. The van der Waals surface area contributed by atoms with Gasteiger partial charge in [-0.05, 0) is 54.3 Å². The minimum absolute atomic E-state index is 0.0570. The van der Waals surface area contributed by atoms with Crippen LogP contribution in [-0.2, 0) is 17.8 Å². The monoisotopic (exact) mass is 530 g/mol. The molecule has 2 fully saturated rings. The summed E-state index contributed by atoms with van der Waals surface area (Å²) in [6.45, 7) is 3.99. The van der Waals surface area contributed by atoms with Gasteiger partial charge in [0.15, 0.2) is 11.3 Å². The second kappa shape index (κ2) is 10.5. The van der Waals surface area contributed by atoms with Gasteiger partial charge in [-0.2, -0.15) is 4.98 Å². The van der Waals surface area contributed by atoms with Crippen molar-refractivity contribution in [3.05, 3.63) is 102 Å². The van der Waals surface area contributed by atoms with E-state index in [1.165, 1.54) is 12.0 Å². The van der Waals surface area contributed by atoms with Gasteiger partial charge in [0.25, 0.3) is 5.71 Å². The maximum absolute atomic E-state index is 12.4. The highest BCUT2D eigenvalue weighted by Crippen LogP contribution is 2.37. The quantitative estimate of drug-likeness (QED) is 0.310. The summed E-state index contributed by atoms with van der Waals surface area (Å²) in [4.78, 5) is 31.2. The number of hydrogen-bond donors (Lipinski definition) is 1. The number of benzene rings is 3. The van der Waals surface area contributed by atoms with Crippen LogP contribution in [0.5, 0.6) is 0 Å². The number of oxazole rings is 1. The number of nitrogens with one attached hydrogen (secondary N) is 1. The van der Waals surface area contributed by atoms with Crippen LogP contribution in [0.15, 0.2) is 95.7 Å². The number of carbonyl (C=O) groups excluding carboxylic acids is 1. The molecule has 8 heteroatoms. The molecule has 5 aromatic rings. The molecular formula is C32H30N6O2. The number of carbonyl (C=O) groups is 1. The zero-order valence-corrected chi connectivity index (χ0v) is 22.1. The minimum atomic E-state index is -0.0570. The van der Waals surface area contributed by atoms with E-state index >= 15 is 0 Å². The molecule has 8 nitrogen and oxygen atoms in total. The van der Waals surface area contributed by atoms with E-state index in [-0.39, 0.29) is 5.91 Å². The van der Waals surface area contributed by atoms with Gasteiger partial charge in [-0.25, -0.2) is 9.97 Å². The standard InChI is InChI=1S/C32H30N6O2/c39-28(17-22-7-3-1-4-8-22)35-26-13-11-24(12-14-26)31-36-29-30(33-21-34-32(29)40-31)38-19-25-15-16-37(27(25)20-38)18-23-9-5-2-6-10-23/h1-14,21,25,27H,15-20H2,(H,35,39). The maximum atomic E-state index is 12.4. The molecule has 4 heterocycles. The number of rotatable bonds is 7. The van der Waals surface area contributed by atoms with Crippen molar-refractivity contribution in [2.45, 2.75) is 25.4 Å². The molecule has 2 aliphatic heterocycles. The van der Waals surface area contributed by atoms with Crippen molar-refractivity contribution >= 4 is 28.6 Å². The molecular weight excluding hydrogens is 500 g/mol. The van der Waals surface area contributed by atoms with Crippen molar-refractivity contribution in [3.63, 3.8) is 0 Å². The Kier molecular flexibility index (Phi) is 6.45. The third kappa shape index (κ3) is 4.94. The van der Waals surface area contributed by atoms with E-state index in [0.29, 0.717) is 35.5 Å². The summed E-state index contributed by atoms with van der Waals surface area (Å²) in [5, 5.41) is 2.96. The highest BCUT2D eigenvalue weighted by molar-refractivity contribution is 5.92. The zero-order valence-electron chi connectivity index (χ0n) is 22.1. The van der Waals surface area contributed by atoms with Gasteiger partial charge in [-0.15, -0.1) is 0 Å². The fourth-order valence-electron chi connectivity index (χ4n) is 6.02. The predicted molar refractivity (Wildman–Crippen MR) is 155 cm³/mol. The Morgan fingerprint density at radius 1 is 0.900 bits per heavy atom. The lowest BCUT2D eigenvalue weighted by Gasteiger charge is -2.25. The SMILES string of the molecule is O=C(Cc1ccccc1)Nc1ccc(-c2nc3c(N4CC5CCN(Cc6ccccc6)C5C4)ncnc3o2)cc1. The zero-order chi connectivity index (χ0) is 26.9. The fraction of sp³-hybridized carbons (Fsp3) is 0.250. The van der Waals surface area contributed by atoms with Gasteiger partial charge in [-0.1, -0.05) is 60.7 Å². The van der Waals surface area contributed by atoms with Gasteiger partial charge in [0.1, 0.15) is 6.33 Å². The molecule has 1 N–H and O–H groups in total. The molecule has 2 atom stereocenters. The van der Waals surface area contributed by atoms with Gasteiger partial charge in [0, 0.05) is 36.9 Å². The van der Waals surface area contributed by atoms with Crippen LogP contribution in [0.4, 0.5) is 11.5 Å². The van der Waals surface area contributed by atoms with E-state index < -0.39 is 0 Å². The minimum Gasteiger partial charge on any atom is -0.417 e. The van der Waals surface area contributed by atoms with E-state index in [9.17, 15) is 4.79 Å². The highest BCUT2D eigenvalue weighted by Gasteiger charge is 2.42. The van der Waals surface area contributed by atoms with Crippen molar-refractivity contribution in [2.75, 3.05) is 29.9 Å². The van der Waals surface area contributed by atoms with Crippen molar-refractivity contribution < 1.29 is 9.21 Å². The number of hydrogen-bond acceptors (Lipinski definition) is 7. The van der Waals surface area contributed by atoms with E-state index in [1.54, 1.807) is 6.33 Å². The Bertz CT molecular complexity index is 1620. The molecule has 2 aromatic heterocycles. The van der Waals surface area contributed by atoms with Crippen molar-refractivity contribution in [2.24, 2.45) is 5.92 Å². The summed E-state index contributed by atoms with van der Waals surface area (Å²) >= 11 is 0. The molecule has 2 unspecified atom stereocenters. The highest BCUT2D eigenvalue weighted by atomic mass is 16.4. The molecule has 1 amide bonds. The second-order valence-electron chi connectivity index (χ2n) is 10.6. The number of anilines is 2. The van der Waals surface area contributed by atoms with Crippen LogP contribution in [0.1, 0.15) is 17.5 Å². The van der Waals surface area contributed by atoms with Crippen molar-refractivity contribution in [1.29, 1.82) is 0 Å². The molecule has 40 heavy (non-hydrogen) atoms. The van der Waals surface area contributed by atoms with E-state index in [0.717, 1.165) is 48.8 Å². The third-order valence-electron chi connectivity index (χ3n) is 7.99. The average Bonchev–Trinajstić information content (AvgIpc) is 3.70. The van der Waals surface area contributed by atoms with Gasteiger partial charge < -0.3 is 14.6 Å². The molecule has 0 bridgehead atoms. The van der Waals surface area contributed by atoms with Gasteiger partial charge in [0.05, 0.1) is 6.42 Å². The first kappa shape index (κ1) is 24.5. The van der Waals surface area contributed by atoms with Gasteiger partial charge >= 0.3 is 0 Å². The van der Waals surface area contributed by atoms with E-state index in [1.807, 2.05) is 54.6 Å². The molecule has 7 rings (SSSR count). The lowest BCUT2D eigenvalue weighted by atomic mass is 10.0.